The van der Waals surface area contributed by atoms with Crippen molar-refractivity contribution >= 4 is 0 Å². The Hall–Kier alpha value is -0.0400. The van der Waals surface area contributed by atoms with Gasteiger partial charge >= 0.3 is 0 Å². The Morgan fingerprint density at radius 1 is 1.25 bits per heavy atom. The second-order valence-corrected chi connectivity index (χ2v) is 6.53. The van der Waals surface area contributed by atoms with E-state index in [-0.39, 0.29) is 11.0 Å². The van der Waals surface area contributed by atoms with Gasteiger partial charge in [-0.15, -0.1) is 0 Å². The highest BCUT2D eigenvalue weighted by Gasteiger charge is 2.52. The molecule has 0 aromatic rings. The van der Waals surface area contributed by atoms with Crippen molar-refractivity contribution in [3.8, 4) is 0 Å². The van der Waals surface area contributed by atoms with Gasteiger partial charge in [-0.3, -0.25) is 0 Å². The van der Waals surface area contributed by atoms with E-state index >= 15 is 0 Å². The molecular formula is C15H28O. The Balaban J connectivity index is 2.26. The maximum Gasteiger partial charge on any atom is 0.0698 e. The summed E-state index contributed by atoms with van der Waals surface area (Å²) in [5.41, 5.74) is -0.128. The van der Waals surface area contributed by atoms with E-state index in [1.807, 2.05) is 0 Å². The second kappa shape index (κ2) is 4.33. The van der Waals surface area contributed by atoms with Crippen LogP contribution in [0.1, 0.15) is 72.1 Å². The molecule has 3 unspecified atom stereocenters. The maximum atomic E-state index is 11.0. The Labute approximate surface area is 101 Å². The second-order valence-electron chi connectivity index (χ2n) is 6.53. The van der Waals surface area contributed by atoms with Crippen LogP contribution in [-0.4, -0.2) is 10.7 Å². The molecule has 94 valence electrons. The third-order valence-corrected chi connectivity index (χ3v) is 5.58. The van der Waals surface area contributed by atoms with Gasteiger partial charge in [-0.05, 0) is 55.8 Å². The zero-order chi connectivity index (χ0) is 11.8. The van der Waals surface area contributed by atoms with E-state index in [2.05, 4.69) is 20.8 Å². The van der Waals surface area contributed by atoms with E-state index in [4.69, 9.17) is 0 Å². The molecule has 0 amide bonds. The van der Waals surface area contributed by atoms with Crippen LogP contribution in [0.15, 0.2) is 0 Å². The fourth-order valence-corrected chi connectivity index (χ4v) is 4.80. The molecule has 3 atom stereocenters. The molecule has 1 heteroatoms. The van der Waals surface area contributed by atoms with Crippen molar-refractivity contribution in [1.82, 2.24) is 0 Å². The summed E-state index contributed by atoms with van der Waals surface area (Å²) in [5.74, 6) is 1.73. The van der Waals surface area contributed by atoms with Crippen LogP contribution >= 0.6 is 0 Å². The molecule has 0 aliphatic heterocycles. The summed E-state index contributed by atoms with van der Waals surface area (Å²) in [5, 5.41) is 11.0. The highest BCUT2D eigenvalue weighted by Crippen LogP contribution is 2.57. The Kier molecular flexibility index (Phi) is 3.36. The van der Waals surface area contributed by atoms with Crippen molar-refractivity contribution in [3.05, 3.63) is 0 Å². The summed E-state index contributed by atoms with van der Waals surface area (Å²) < 4.78 is 0. The van der Waals surface area contributed by atoms with Gasteiger partial charge in [0.1, 0.15) is 0 Å². The van der Waals surface area contributed by atoms with Gasteiger partial charge in [0.15, 0.2) is 0 Å². The first kappa shape index (κ1) is 12.4. The number of aliphatic hydroxyl groups is 1. The summed E-state index contributed by atoms with van der Waals surface area (Å²) in [7, 11) is 0. The first-order chi connectivity index (χ1) is 7.55. The van der Waals surface area contributed by atoms with E-state index in [9.17, 15) is 5.11 Å². The smallest absolute Gasteiger partial charge is 0.0698 e. The molecule has 16 heavy (non-hydrogen) atoms. The van der Waals surface area contributed by atoms with Gasteiger partial charge in [-0.1, -0.05) is 33.6 Å². The van der Waals surface area contributed by atoms with Gasteiger partial charge in [0.25, 0.3) is 0 Å². The predicted octanol–water partition coefficient (Wildman–Crippen LogP) is 4.14. The van der Waals surface area contributed by atoms with Crippen LogP contribution in [0.2, 0.25) is 0 Å². The van der Waals surface area contributed by atoms with Gasteiger partial charge in [0.2, 0.25) is 0 Å². The SMILES string of the molecule is CCC(O)(CC)C12CCCC(CC(C)C1)C2. The average molecular weight is 224 g/mol. The van der Waals surface area contributed by atoms with Crippen LogP contribution in [0.4, 0.5) is 0 Å². The van der Waals surface area contributed by atoms with E-state index in [1.165, 1.54) is 38.5 Å². The van der Waals surface area contributed by atoms with Crippen molar-refractivity contribution in [2.45, 2.75) is 77.7 Å². The Morgan fingerprint density at radius 2 is 1.94 bits per heavy atom. The normalized spacial score (nSPS) is 39.8. The average Bonchev–Trinajstić information content (AvgIpc) is 2.27. The van der Waals surface area contributed by atoms with E-state index in [0.717, 1.165) is 24.7 Å². The predicted molar refractivity (Wildman–Crippen MR) is 68.3 cm³/mol. The summed E-state index contributed by atoms with van der Waals surface area (Å²) in [6.07, 6.45) is 9.87. The van der Waals surface area contributed by atoms with Crippen molar-refractivity contribution < 1.29 is 5.11 Å². The zero-order valence-corrected chi connectivity index (χ0v) is 11.3. The van der Waals surface area contributed by atoms with E-state index < -0.39 is 0 Å². The first-order valence-corrected chi connectivity index (χ1v) is 7.27. The molecule has 1 nitrogen and oxygen atoms in total. The van der Waals surface area contributed by atoms with Crippen LogP contribution in [-0.2, 0) is 0 Å². The minimum absolute atomic E-state index is 0.261. The molecule has 2 rings (SSSR count). The van der Waals surface area contributed by atoms with Gasteiger partial charge < -0.3 is 5.11 Å². The number of hydrogen-bond acceptors (Lipinski definition) is 1. The van der Waals surface area contributed by atoms with E-state index in [1.54, 1.807) is 0 Å². The lowest BCUT2D eigenvalue weighted by Gasteiger charge is -2.56. The fraction of sp³-hybridized carbons (Fsp3) is 1.00. The monoisotopic (exact) mass is 224 g/mol. The molecule has 0 aromatic heterocycles. The van der Waals surface area contributed by atoms with Crippen molar-refractivity contribution in [1.29, 1.82) is 0 Å². The molecule has 2 saturated carbocycles. The van der Waals surface area contributed by atoms with Gasteiger partial charge in [0, 0.05) is 0 Å². The zero-order valence-electron chi connectivity index (χ0n) is 11.3. The molecular weight excluding hydrogens is 196 g/mol. The standard InChI is InChI=1S/C15H28O/c1-4-15(16,5-2)14-8-6-7-13(11-14)9-12(3)10-14/h12-13,16H,4-11H2,1-3H3. The summed E-state index contributed by atoms with van der Waals surface area (Å²) in [6.45, 7) is 6.72. The fourth-order valence-electron chi connectivity index (χ4n) is 4.80. The van der Waals surface area contributed by atoms with E-state index in [0.29, 0.717) is 0 Å². The molecule has 0 radical (unpaired) electrons. The lowest BCUT2D eigenvalue weighted by molar-refractivity contribution is -0.145. The molecule has 2 aliphatic carbocycles. The van der Waals surface area contributed by atoms with Gasteiger partial charge in [-0.2, -0.15) is 0 Å². The minimum atomic E-state index is -0.389. The van der Waals surface area contributed by atoms with Crippen LogP contribution < -0.4 is 0 Å². The third kappa shape index (κ3) is 1.81. The molecule has 0 saturated heterocycles. The molecule has 0 spiro atoms. The molecule has 2 bridgehead atoms. The Morgan fingerprint density at radius 3 is 2.56 bits per heavy atom. The molecule has 0 heterocycles. The highest BCUT2D eigenvalue weighted by molar-refractivity contribution is 5.03. The number of rotatable bonds is 3. The molecule has 2 aliphatic rings. The lowest BCUT2D eigenvalue weighted by atomic mass is 9.52. The summed E-state index contributed by atoms with van der Waals surface area (Å²) in [6, 6.07) is 0. The van der Waals surface area contributed by atoms with Crippen LogP contribution in [0.25, 0.3) is 0 Å². The van der Waals surface area contributed by atoms with Crippen LogP contribution in [0.5, 0.6) is 0 Å². The van der Waals surface area contributed by atoms with Crippen molar-refractivity contribution in [2.24, 2.45) is 17.3 Å². The first-order valence-electron chi connectivity index (χ1n) is 7.27. The highest BCUT2D eigenvalue weighted by atomic mass is 16.3. The lowest BCUT2D eigenvalue weighted by Crippen LogP contribution is -2.53. The third-order valence-electron chi connectivity index (χ3n) is 5.58. The van der Waals surface area contributed by atoms with Crippen LogP contribution in [0, 0.1) is 17.3 Å². The molecule has 0 aromatic carbocycles. The molecule has 2 fully saturated rings. The molecule has 1 N–H and O–H groups in total. The largest absolute Gasteiger partial charge is 0.389 e. The summed E-state index contributed by atoms with van der Waals surface area (Å²) >= 11 is 0. The number of fused-ring (bicyclic) bond motifs is 2. The van der Waals surface area contributed by atoms with Crippen molar-refractivity contribution in [3.63, 3.8) is 0 Å². The minimum Gasteiger partial charge on any atom is -0.389 e. The topological polar surface area (TPSA) is 20.2 Å². The summed E-state index contributed by atoms with van der Waals surface area (Å²) in [4.78, 5) is 0. The Bertz CT molecular complexity index is 240. The maximum absolute atomic E-state index is 11.0. The quantitative estimate of drug-likeness (QED) is 0.763. The van der Waals surface area contributed by atoms with Gasteiger partial charge in [0.05, 0.1) is 5.60 Å². The van der Waals surface area contributed by atoms with Crippen molar-refractivity contribution in [2.75, 3.05) is 0 Å². The van der Waals surface area contributed by atoms with Gasteiger partial charge in [-0.25, -0.2) is 0 Å². The number of hydrogen-bond donors (Lipinski definition) is 1. The van der Waals surface area contributed by atoms with Crippen LogP contribution in [0.3, 0.4) is 0 Å².